The Morgan fingerprint density at radius 3 is 2.59 bits per heavy atom. The Bertz CT molecular complexity index is 1320. The summed E-state index contributed by atoms with van der Waals surface area (Å²) in [4.78, 5) is 29.0. The van der Waals surface area contributed by atoms with Gasteiger partial charge in [-0.25, -0.2) is 15.0 Å². The van der Waals surface area contributed by atoms with E-state index in [0.717, 1.165) is 42.3 Å². The molecular formula is C27H27N5O2. The van der Waals surface area contributed by atoms with Gasteiger partial charge in [-0.2, -0.15) is 0 Å². The number of rotatable bonds is 3. The number of hydrogen-bond acceptors (Lipinski definition) is 5. The lowest BCUT2D eigenvalue weighted by Crippen LogP contribution is -2.59. The van der Waals surface area contributed by atoms with Gasteiger partial charge in [-0.05, 0) is 37.0 Å². The van der Waals surface area contributed by atoms with Crippen molar-refractivity contribution >= 4 is 11.4 Å². The first-order chi connectivity index (χ1) is 16.7. The summed E-state index contributed by atoms with van der Waals surface area (Å²) < 4.78 is 1.93. The molecule has 1 aromatic carbocycles. The van der Waals surface area contributed by atoms with Crippen LogP contribution in [0.3, 0.4) is 0 Å². The van der Waals surface area contributed by atoms with Gasteiger partial charge in [0.1, 0.15) is 12.2 Å². The van der Waals surface area contributed by atoms with Crippen LogP contribution in [-0.2, 0) is 5.60 Å². The molecule has 172 valence electrons. The first-order valence-corrected chi connectivity index (χ1v) is 12.0. The third-order valence-electron chi connectivity index (χ3n) is 7.58. The van der Waals surface area contributed by atoms with Crippen molar-refractivity contribution in [3.8, 4) is 11.4 Å². The van der Waals surface area contributed by atoms with Gasteiger partial charge in [0.15, 0.2) is 5.69 Å². The minimum atomic E-state index is -0.911. The van der Waals surface area contributed by atoms with E-state index in [0.29, 0.717) is 24.5 Å². The van der Waals surface area contributed by atoms with E-state index in [-0.39, 0.29) is 17.9 Å². The third-order valence-corrected chi connectivity index (χ3v) is 7.58. The molecule has 2 aliphatic rings. The van der Waals surface area contributed by atoms with Crippen molar-refractivity contribution in [2.75, 3.05) is 6.54 Å². The zero-order chi connectivity index (χ0) is 23.1. The molecule has 4 heterocycles. The lowest BCUT2D eigenvalue weighted by molar-refractivity contribution is -0.110. The summed E-state index contributed by atoms with van der Waals surface area (Å²) in [5.41, 5.74) is 2.01. The predicted octanol–water partition coefficient (Wildman–Crippen LogP) is 4.08. The van der Waals surface area contributed by atoms with E-state index in [2.05, 4.69) is 9.97 Å². The van der Waals surface area contributed by atoms with Crippen LogP contribution in [0, 0.1) is 5.92 Å². The number of hydrogen-bond donors (Lipinski definition) is 1. The van der Waals surface area contributed by atoms with Crippen molar-refractivity contribution in [1.29, 1.82) is 0 Å². The average Bonchev–Trinajstić information content (AvgIpc) is 3.30. The topological polar surface area (TPSA) is 83.6 Å². The molecule has 4 aromatic rings. The highest BCUT2D eigenvalue weighted by Crippen LogP contribution is 2.47. The number of aromatic nitrogens is 4. The Hall–Kier alpha value is -3.58. The minimum absolute atomic E-state index is 0.0100. The van der Waals surface area contributed by atoms with E-state index in [4.69, 9.17) is 4.98 Å². The molecule has 7 heteroatoms. The summed E-state index contributed by atoms with van der Waals surface area (Å²) >= 11 is 0. The molecule has 1 aliphatic heterocycles. The molecule has 1 saturated carbocycles. The van der Waals surface area contributed by atoms with E-state index < -0.39 is 5.60 Å². The molecule has 0 spiro atoms. The number of carbonyl (C=O) groups excluding carboxylic acids is 1. The monoisotopic (exact) mass is 453 g/mol. The smallest absolute Gasteiger partial charge is 0.274 e. The van der Waals surface area contributed by atoms with Crippen molar-refractivity contribution in [1.82, 2.24) is 24.3 Å². The molecular weight excluding hydrogens is 426 g/mol. The Morgan fingerprint density at radius 1 is 1.00 bits per heavy atom. The SMILES string of the molecule is O=C(c1nc(-c2cncnc2)n2ccccc12)N1CCC(O)(c2ccccc2)C2CCCCC21. The number of amides is 1. The summed E-state index contributed by atoms with van der Waals surface area (Å²) in [6, 6.07) is 15.7. The number of pyridine rings is 1. The number of piperidine rings is 1. The van der Waals surface area contributed by atoms with Crippen LogP contribution in [0.5, 0.6) is 0 Å². The fourth-order valence-electron chi connectivity index (χ4n) is 5.97. The van der Waals surface area contributed by atoms with Gasteiger partial charge in [0.25, 0.3) is 5.91 Å². The van der Waals surface area contributed by atoms with E-state index in [1.165, 1.54) is 6.33 Å². The van der Waals surface area contributed by atoms with Gasteiger partial charge < -0.3 is 10.0 Å². The highest BCUT2D eigenvalue weighted by Gasteiger charge is 2.50. The summed E-state index contributed by atoms with van der Waals surface area (Å²) in [6.45, 7) is 0.501. The van der Waals surface area contributed by atoms with Crippen molar-refractivity contribution in [3.05, 3.63) is 84.7 Å². The summed E-state index contributed by atoms with van der Waals surface area (Å²) in [6.07, 6.45) is 11.3. The number of fused-ring (bicyclic) bond motifs is 2. The highest BCUT2D eigenvalue weighted by atomic mass is 16.3. The molecule has 1 amide bonds. The number of nitrogens with zero attached hydrogens (tertiary/aromatic N) is 5. The lowest BCUT2D eigenvalue weighted by Gasteiger charge is -2.52. The Labute approximate surface area is 198 Å². The van der Waals surface area contributed by atoms with Crippen LogP contribution in [0.1, 0.15) is 48.2 Å². The van der Waals surface area contributed by atoms with Crippen molar-refractivity contribution < 1.29 is 9.90 Å². The molecule has 2 fully saturated rings. The van der Waals surface area contributed by atoms with E-state index in [1.807, 2.05) is 64.0 Å². The quantitative estimate of drug-likeness (QED) is 0.505. The van der Waals surface area contributed by atoms with Gasteiger partial charge in [-0.15, -0.1) is 0 Å². The molecule has 6 rings (SSSR count). The van der Waals surface area contributed by atoms with Gasteiger partial charge in [-0.3, -0.25) is 9.20 Å². The first kappa shape index (κ1) is 21.0. The maximum Gasteiger partial charge on any atom is 0.274 e. The number of aliphatic hydroxyl groups is 1. The number of likely N-dealkylation sites (tertiary alicyclic amines) is 1. The molecule has 1 N–H and O–H groups in total. The molecule has 34 heavy (non-hydrogen) atoms. The van der Waals surface area contributed by atoms with Crippen LogP contribution in [0.4, 0.5) is 0 Å². The second-order valence-electron chi connectivity index (χ2n) is 9.36. The maximum absolute atomic E-state index is 14.0. The number of benzene rings is 1. The second-order valence-corrected chi connectivity index (χ2v) is 9.36. The average molecular weight is 454 g/mol. The van der Waals surface area contributed by atoms with Crippen LogP contribution >= 0.6 is 0 Å². The zero-order valence-corrected chi connectivity index (χ0v) is 18.9. The molecule has 1 saturated heterocycles. The Morgan fingerprint density at radius 2 is 1.76 bits per heavy atom. The fourth-order valence-corrected chi connectivity index (χ4v) is 5.97. The lowest BCUT2D eigenvalue weighted by atomic mass is 9.66. The van der Waals surface area contributed by atoms with E-state index >= 15 is 0 Å². The minimum Gasteiger partial charge on any atom is -0.385 e. The molecule has 7 nitrogen and oxygen atoms in total. The van der Waals surface area contributed by atoms with Crippen LogP contribution in [-0.4, -0.2) is 47.9 Å². The molecule has 0 bridgehead atoms. The van der Waals surface area contributed by atoms with Crippen LogP contribution in [0.15, 0.2) is 73.4 Å². The third kappa shape index (κ3) is 3.30. The number of carbonyl (C=O) groups is 1. The molecule has 3 unspecified atom stereocenters. The van der Waals surface area contributed by atoms with Crippen LogP contribution in [0.25, 0.3) is 16.9 Å². The van der Waals surface area contributed by atoms with Gasteiger partial charge in [0, 0.05) is 37.1 Å². The first-order valence-electron chi connectivity index (χ1n) is 12.0. The molecule has 0 radical (unpaired) electrons. The van der Waals surface area contributed by atoms with E-state index in [1.54, 1.807) is 12.4 Å². The maximum atomic E-state index is 14.0. The van der Waals surface area contributed by atoms with Crippen LogP contribution < -0.4 is 0 Å². The number of imidazole rings is 1. The fraction of sp³-hybridized carbons (Fsp3) is 0.333. The normalized spacial score (nSPS) is 24.7. The van der Waals surface area contributed by atoms with Crippen LogP contribution in [0.2, 0.25) is 0 Å². The summed E-state index contributed by atoms with van der Waals surface area (Å²) in [7, 11) is 0. The molecule has 3 aromatic heterocycles. The van der Waals surface area contributed by atoms with Gasteiger partial charge in [0.05, 0.1) is 16.7 Å². The van der Waals surface area contributed by atoms with Crippen molar-refractivity contribution in [3.63, 3.8) is 0 Å². The summed E-state index contributed by atoms with van der Waals surface area (Å²) in [5.74, 6) is 0.591. The molecule has 1 aliphatic carbocycles. The van der Waals surface area contributed by atoms with Gasteiger partial charge >= 0.3 is 0 Å². The highest BCUT2D eigenvalue weighted by molar-refractivity contribution is 6.00. The predicted molar refractivity (Wildman–Crippen MR) is 128 cm³/mol. The van der Waals surface area contributed by atoms with Gasteiger partial charge in [-0.1, -0.05) is 49.2 Å². The summed E-state index contributed by atoms with van der Waals surface area (Å²) in [5, 5.41) is 11.9. The van der Waals surface area contributed by atoms with Crippen molar-refractivity contribution in [2.24, 2.45) is 5.92 Å². The Kier molecular flexibility index (Phi) is 5.14. The largest absolute Gasteiger partial charge is 0.385 e. The molecule has 3 atom stereocenters. The van der Waals surface area contributed by atoms with Crippen molar-refractivity contribution in [2.45, 2.75) is 43.7 Å². The Balaban J connectivity index is 1.39. The van der Waals surface area contributed by atoms with E-state index in [9.17, 15) is 9.90 Å². The standard InChI is InChI=1S/C27H27N5O2/c33-26(24-23-12-6-7-14-31(23)25(30-24)19-16-28-18-29-17-19)32-15-13-27(34,20-8-2-1-3-9-20)21-10-4-5-11-22(21)32/h1-3,6-9,12,14,16-18,21-22,34H,4-5,10-11,13,15H2. The second kappa shape index (κ2) is 8.33. The zero-order valence-electron chi connectivity index (χ0n) is 18.9. The van der Waals surface area contributed by atoms with Gasteiger partial charge in [0.2, 0.25) is 0 Å².